The number of H-pyrrole nitrogens is 1. The van der Waals surface area contributed by atoms with E-state index in [-0.39, 0.29) is 0 Å². The molecule has 98 valence electrons. The predicted octanol–water partition coefficient (Wildman–Crippen LogP) is -0.130. The second-order valence-corrected chi connectivity index (χ2v) is 6.13. The normalized spacial score (nSPS) is 13.8. The third kappa shape index (κ3) is 4.84. The number of imidazole rings is 1. The van der Waals surface area contributed by atoms with E-state index in [0.717, 1.165) is 18.7 Å². The molecule has 0 saturated heterocycles. The maximum atomic E-state index is 11.7. The molecule has 0 spiro atoms. The highest BCUT2D eigenvalue weighted by Crippen LogP contribution is 1.98. The van der Waals surface area contributed by atoms with Gasteiger partial charge in [-0.1, -0.05) is 0 Å². The first-order valence-electron chi connectivity index (χ1n) is 5.67. The van der Waals surface area contributed by atoms with Crippen LogP contribution in [0.1, 0.15) is 19.2 Å². The summed E-state index contributed by atoms with van der Waals surface area (Å²) in [5.74, 6) is 0.882. The fourth-order valence-electron chi connectivity index (χ4n) is 1.44. The molecular formula is C10H20N4O2S. The van der Waals surface area contributed by atoms with Crippen LogP contribution >= 0.6 is 0 Å². The predicted molar refractivity (Wildman–Crippen MR) is 67.2 cm³/mol. The van der Waals surface area contributed by atoms with Gasteiger partial charge in [-0.3, -0.25) is 0 Å². The lowest BCUT2D eigenvalue weighted by Gasteiger charge is -2.13. The first-order valence-corrected chi connectivity index (χ1v) is 7.22. The van der Waals surface area contributed by atoms with E-state index in [1.165, 1.54) is 0 Å². The number of rotatable bonds is 8. The molecule has 17 heavy (non-hydrogen) atoms. The number of nitrogens with zero attached hydrogens (tertiary/aromatic N) is 1. The van der Waals surface area contributed by atoms with Crippen LogP contribution in [-0.2, 0) is 16.4 Å². The average Bonchev–Trinajstić information content (AvgIpc) is 2.77. The topological polar surface area (TPSA) is 86.9 Å². The third-order valence-electron chi connectivity index (χ3n) is 2.47. The van der Waals surface area contributed by atoms with Crippen LogP contribution in [-0.4, -0.2) is 43.8 Å². The van der Waals surface area contributed by atoms with Crippen molar-refractivity contribution in [1.29, 1.82) is 0 Å². The smallest absolute Gasteiger partial charge is 0.215 e. The molecule has 7 heteroatoms. The van der Waals surface area contributed by atoms with Crippen LogP contribution in [0.5, 0.6) is 0 Å². The summed E-state index contributed by atoms with van der Waals surface area (Å²) in [4.78, 5) is 7.05. The van der Waals surface area contributed by atoms with Gasteiger partial charge in [-0.15, -0.1) is 0 Å². The molecule has 1 rings (SSSR count). The van der Waals surface area contributed by atoms with Crippen molar-refractivity contribution in [2.45, 2.75) is 25.0 Å². The number of aromatic amines is 1. The Morgan fingerprint density at radius 3 is 2.88 bits per heavy atom. The van der Waals surface area contributed by atoms with Gasteiger partial charge in [0.25, 0.3) is 0 Å². The lowest BCUT2D eigenvalue weighted by Crippen LogP contribution is -2.38. The van der Waals surface area contributed by atoms with Crippen LogP contribution in [0.25, 0.3) is 0 Å². The Morgan fingerprint density at radius 1 is 1.53 bits per heavy atom. The standard InChI is InChI=1S/C10H20N4O2S/c1-9(8-11-2)17(15,16)14-5-3-4-10-12-6-7-13-10/h6-7,9,11,14H,3-5,8H2,1-2H3,(H,12,13). The minimum Gasteiger partial charge on any atom is -0.349 e. The Bertz CT molecular complexity index is 402. The van der Waals surface area contributed by atoms with Gasteiger partial charge in [-0.25, -0.2) is 18.1 Å². The van der Waals surface area contributed by atoms with Gasteiger partial charge in [0.2, 0.25) is 10.0 Å². The van der Waals surface area contributed by atoms with Gasteiger partial charge in [0.15, 0.2) is 0 Å². The second-order valence-electron chi connectivity index (χ2n) is 3.95. The molecule has 1 atom stereocenters. The zero-order valence-electron chi connectivity index (χ0n) is 10.2. The van der Waals surface area contributed by atoms with E-state index in [2.05, 4.69) is 20.0 Å². The largest absolute Gasteiger partial charge is 0.349 e. The highest BCUT2D eigenvalue weighted by molar-refractivity contribution is 7.90. The highest BCUT2D eigenvalue weighted by atomic mass is 32.2. The summed E-state index contributed by atoms with van der Waals surface area (Å²) < 4.78 is 26.0. The lowest BCUT2D eigenvalue weighted by atomic mass is 10.3. The monoisotopic (exact) mass is 260 g/mol. The zero-order valence-corrected chi connectivity index (χ0v) is 11.0. The van der Waals surface area contributed by atoms with Gasteiger partial charge in [-0.05, 0) is 20.4 Å². The van der Waals surface area contributed by atoms with Crippen LogP contribution in [0.15, 0.2) is 12.4 Å². The molecule has 6 nitrogen and oxygen atoms in total. The molecule has 0 aromatic carbocycles. The summed E-state index contributed by atoms with van der Waals surface area (Å²) in [5.41, 5.74) is 0. The Balaban J connectivity index is 2.25. The average molecular weight is 260 g/mol. The van der Waals surface area contributed by atoms with E-state index in [1.807, 2.05) is 0 Å². The van der Waals surface area contributed by atoms with Gasteiger partial charge >= 0.3 is 0 Å². The van der Waals surface area contributed by atoms with Crippen LogP contribution in [0, 0.1) is 0 Å². The molecule has 1 aromatic rings. The number of aryl methyl sites for hydroxylation is 1. The highest BCUT2D eigenvalue weighted by Gasteiger charge is 2.18. The van der Waals surface area contributed by atoms with E-state index < -0.39 is 15.3 Å². The zero-order chi connectivity index (χ0) is 12.7. The fraction of sp³-hybridized carbons (Fsp3) is 0.700. The maximum Gasteiger partial charge on any atom is 0.215 e. The summed E-state index contributed by atoms with van der Waals surface area (Å²) in [6.07, 6.45) is 4.93. The third-order valence-corrected chi connectivity index (χ3v) is 4.30. The SMILES string of the molecule is CNCC(C)S(=O)(=O)NCCCc1ncc[nH]1. The van der Waals surface area contributed by atoms with E-state index in [9.17, 15) is 8.42 Å². The van der Waals surface area contributed by atoms with E-state index >= 15 is 0 Å². The molecule has 0 saturated carbocycles. The molecule has 0 fully saturated rings. The number of hydrogen-bond acceptors (Lipinski definition) is 4. The maximum absolute atomic E-state index is 11.7. The van der Waals surface area contributed by atoms with Crippen LogP contribution < -0.4 is 10.0 Å². The first-order chi connectivity index (χ1) is 8.06. The summed E-state index contributed by atoms with van der Waals surface area (Å²) >= 11 is 0. The van der Waals surface area contributed by atoms with Gasteiger partial charge < -0.3 is 10.3 Å². The molecule has 0 radical (unpaired) electrons. The number of aromatic nitrogens is 2. The molecule has 0 aliphatic carbocycles. The summed E-state index contributed by atoms with van der Waals surface area (Å²) in [7, 11) is -1.47. The fourth-order valence-corrected chi connectivity index (χ4v) is 2.54. The summed E-state index contributed by atoms with van der Waals surface area (Å²) in [6, 6.07) is 0. The van der Waals surface area contributed by atoms with Gasteiger partial charge in [0.1, 0.15) is 5.82 Å². The molecule has 0 aliphatic rings. The molecule has 1 aromatic heterocycles. The molecule has 1 unspecified atom stereocenters. The van der Waals surface area contributed by atoms with E-state index in [0.29, 0.717) is 13.1 Å². The molecule has 1 heterocycles. The van der Waals surface area contributed by atoms with E-state index in [4.69, 9.17) is 0 Å². The minimum absolute atomic E-state index is 0.420. The molecule has 0 amide bonds. The number of sulfonamides is 1. The van der Waals surface area contributed by atoms with Crippen molar-refractivity contribution in [2.24, 2.45) is 0 Å². The number of nitrogens with one attached hydrogen (secondary N) is 3. The van der Waals surface area contributed by atoms with Gasteiger partial charge in [-0.2, -0.15) is 0 Å². The lowest BCUT2D eigenvalue weighted by molar-refractivity contribution is 0.561. The van der Waals surface area contributed by atoms with Crippen molar-refractivity contribution in [3.05, 3.63) is 18.2 Å². The van der Waals surface area contributed by atoms with Crippen LogP contribution in [0.4, 0.5) is 0 Å². The Morgan fingerprint density at radius 2 is 2.29 bits per heavy atom. The van der Waals surface area contributed by atoms with Crippen molar-refractivity contribution in [2.75, 3.05) is 20.1 Å². The molecule has 0 bridgehead atoms. The summed E-state index contributed by atoms with van der Waals surface area (Å²) in [6.45, 7) is 2.58. The Kier molecular flexibility index (Phi) is 5.60. The first kappa shape index (κ1) is 14.1. The van der Waals surface area contributed by atoms with Crippen molar-refractivity contribution in [1.82, 2.24) is 20.0 Å². The van der Waals surface area contributed by atoms with Crippen LogP contribution in [0.3, 0.4) is 0 Å². The van der Waals surface area contributed by atoms with Crippen LogP contribution in [0.2, 0.25) is 0 Å². The van der Waals surface area contributed by atoms with Crippen molar-refractivity contribution >= 4 is 10.0 Å². The second kappa shape index (κ2) is 6.73. The van der Waals surface area contributed by atoms with Crippen molar-refractivity contribution in [3.8, 4) is 0 Å². The number of hydrogen-bond donors (Lipinski definition) is 3. The molecule has 0 aliphatic heterocycles. The van der Waals surface area contributed by atoms with E-state index in [1.54, 1.807) is 26.4 Å². The van der Waals surface area contributed by atoms with Crippen molar-refractivity contribution in [3.63, 3.8) is 0 Å². The van der Waals surface area contributed by atoms with Crippen molar-refractivity contribution < 1.29 is 8.42 Å². The molecular weight excluding hydrogens is 240 g/mol. The van der Waals surface area contributed by atoms with Gasteiger partial charge in [0.05, 0.1) is 5.25 Å². The Labute approximate surface area is 102 Å². The quantitative estimate of drug-likeness (QED) is 0.568. The van der Waals surface area contributed by atoms with Gasteiger partial charge in [0, 0.05) is 31.9 Å². The minimum atomic E-state index is -3.21. The Hall–Kier alpha value is -0.920. The summed E-state index contributed by atoms with van der Waals surface area (Å²) in [5, 5.41) is 2.43. The molecule has 3 N–H and O–H groups in total.